The number of nitrogens with zero attached hydrogens (tertiary/aromatic N) is 1. The minimum absolute atomic E-state index is 0.0436. The highest BCUT2D eigenvalue weighted by Crippen LogP contribution is 2.31. The summed E-state index contributed by atoms with van der Waals surface area (Å²) in [5.41, 5.74) is 1.67. The van der Waals surface area contributed by atoms with Crippen molar-refractivity contribution in [1.29, 1.82) is 0 Å². The summed E-state index contributed by atoms with van der Waals surface area (Å²) in [6.45, 7) is 9.36. The Morgan fingerprint density at radius 3 is 2.30 bits per heavy atom. The fraction of sp³-hybridized carbons (Fsp3) is 0.382. The van der Waals surface area contributed by atoms with Crippen LogP contribution in [0.15, 0.2) is 72.8 Å². The van der Waals surface area contributed by atoms with E-state index >= 15 is 0 Å². The quantitative estimate of drug-likeness (QED) is 0.189. The number of rotatable bonds is 12. The predicted molar refractivity (Wildman–Crippen MR) is 170 cm³/mol. The van der Waals surface area contributed by atoms with Crippen molar-refractivity contribution in [2.75, 3.05) is 11.9 Å². The van der Waals surface area contributed by atoms with Crippen molar-refractivity contribution < 1.29 is 24.2 Å². The van der Waals surface area contributed by atoms with Crippen LogP contribution in [0.2, 0.25) is 5.02 Å². The number of alkyl carbamates (subject to hydrolysis) is 1. The number of aryl methyl sites for hydroxylation is 1. The molecule has 0 heterocycles. The molecule has 43 heavy (non-hydrogen) atoms. The fourth-order valence-corrected chi connectivity index (χ4v) is 5.02. The Hall–Kier alpha value is -4.04. The number of unbranched alkanes of at least 4 members (excludes halogenated alkanes) is 2. The van der Waals surface area contributed by atoms with Gasteiger partial charge in [-0.05, 0) is 69.0 Å². The van der Waals surface area contributed by atoms with Gasteiger partial charge in [-0.25, -0.2) is 4.79 Å². The maximum Gasteiger partial charge on any atom is 0.408 e. The number of benzene rings is 3. The molecule has 0 aliphatic rings. The van der Waals surface area contributed by atoms with Crippen LogP contribution in [0.4, 0.5) is 10.5 Å². The van der Waals surface area contributed by atoms with Crippen molar-refractivity contribution in [2.24, 2.45) is 0 Å². The second-order valence-electron chi connectivity index (χ2n) is 11.5. The van der Waals surface area contributed by atoms with Crippen LogP contribution in [0.25, 0.3) is 0 Å². The average Bonchev–Trinajstić information content (AvgIpc) is 2.93. The first kappa shape index (κ1) is 33.5. The topological polar surface area (TPSA) is 108 Å². The molecule has 0 aromatic heterocycles. The first-order valence-electron chi connectivity index (χ1n) is 14.6. The summed E-state index contributed by atoms with van der Waals surface area (Å²) >= 11 is 6.45. The van der Waals surface area contributed by atoms with Gasteiger partial charge in [0.05, 0.1) is 10.7 Å². The van der Waals surface area contributed by atoms with Gasteiger partial charge in [-0.2, -0.15) is 0 Å². The van der Waals surface area contributed by atoms with Crippen LogP contribution in [-0.2, 0) is 20.7 Å². The van der Waals surface area contributed by atoms with Crippen molar-refractivity contribution in [1.82, 2.24) is 10.2 Å². The number of carbonyl (C=O) groups is 3. The number of nitrogens with one attached hydrogen (secondary N) is 2. The van der Waals surface area contributed by atoms with Gasteiger partial charge < -0.3 is 25.4 Å². The van der Waals surface area contributed by atoms with Crippen molar-refractivity contribution >= 4 is 35.2 Å². The number of halogens is 1. The van der Waals surface area contributed by atoms with Gasteiger partial charge in [0.2, 0.25) is 5.91 Å². The summed E-state index contributed by atoms with van der Waals surface area (Å²) in [6, 6.07) is 18.8. The standard InChI is InChI=1S/C34H42ClN3O5/c1-6-7-11-20-38(32(41)28(21-24-15-9-8-10-16-24)36-33(42)43-34(3,4)5)30(25-17-13-18-26(39)22-25)31(40)37-29-23(2)14-12-19-27(29)35/h8-10,12-19,22,28,30,39H,6-7,11,20-21H2,1-5H3,(H,36,42)(H,37,40). The minimum atomic E-state index is -1.13. The molecule has 3 rings (SSSR count). The molecular formula is C34H42ClN3O5. The number of para-hydroxylation sites is 1. The van der Waals surface area contributed by atoms with Crippen LogP contribution in [0, 0.1) is 6.92 Å². The molecule has 3 amide bonds. The Balaban J connectivity index is 2.09. The van der Waals surface area contributed by atoms with Crippen molar-refractivity contribution in [2.45, 2.75) is 78.0 Å². The molecule has 0 saturated carbocycles. The molecule has 0 aliphatic heterocycles. The molecule has 0 saturated heterocycles. The van der Waals surface area contributed by atoms with E-state index in [0.29, 0.717) is 22.7 Å². The van der Waals surface area contributed by atoms with E-state index in [1.807, 2.05) is 50.2 Å². The lowest BCUT2D eigenvalue weighted by molar-refractivity contribution is -0.140. The van der Waals surface area contributed by atoms with Crippen molar-refractivity contribution in [3.63, 3.8) is 0 Å². The zero-order valence-corrected chi connectivity index (χ0v) is 26.3. The van der Waals surface area contributed by atoms with E-state index in [4.69, 9.17) is 16.3 Å². The molecule has 3 N–H and O–H groups in total. The molecule has 0 radical (unpaired) electrons. The van der Waals surface area contributed by atoms with E-state index in [0.717, 1.165) is 24.0 Å². The van der Waals surface area contributed by atoms with Gasteiger partial charge in [-0.15, -0.1) is 0 Å². The lowest BCUT2D eigenvalue weighted by atomic mass is 9.99. The number of ether oxygens (including phenoxy) is 1. The van der Waals surface area contributed by atoms with Gasteiger partial charge in [-0.1, -0.05) is 86.0 Å². The van der Waals surface area contributed by atoms with E-state index in [1.165, 1.54) is 17.0 Å². The van der Waals surface area contributed by atoms with Crippen molar-refractivity contribution in [3.8, 4) is 5.75 Å². The number of anilines is 1. The smallest absolute Gasteiger partial charge is 0.408 e. The zero-order chi connectivity index (χ0) is 31.6. The Kier molecular flexibility index (Phi) is 12.0. The summed E-state index contributed by atoms with van der Waals surface area (Å²) in [5, 5.41) is 16.4. The van der Waals surface area contributed by atoms with Gasteiger partial charge >= 0.3 is 6.09 Å². The number of carbonyl (C=O) groups excluding carboxylic acids is 3. The third kappa shape index (κ3) is 10.0. The van der Waals surface area contributed by atoms with Gasteiger partial charge in [0.25, 0.3) is 5.91 Å². The molecule has 2 atom stereocenters. The second-order valence-corrected chi connectivity index (χ2v) is 12.0. The Labute approximate surface area is 259 Å². The fourth-order valence-electron chi connectivity index (χ4n) is 4.75. The number of aromatic hydroxyl groups is 1. The number of hydrogen-bond acceptors (Lipinski definition) is 5. The second kappa shape index (κ2) is 15.4. The van der Waals surface area contributed by atoms with Crippen LogP contribution in [0.5, 0.6) is 5.75 Å². The number of hydrogen-bond donors (Lipinski definition) is 3. The molecule has 0 spiro atoms. The first-order valence-corrected chi connectivity index (χ1v) is 15.0. The molecular weight excluding hydrogens is 566 g/mol. The summed E-state index contributed by atoms with van der Waals surface area (Å²) < 4.78 is 5.50. The van der Waals surface area contributed by atoms with Gasteiger partial charge in [0.1, 0.15) is 23.4 Å². The van der Waals surface area contributed by atoms with Crippen LogP contribution in [-0.4, -0.2) is 46.1 Å². The molecule has 9 heteroatoms. The largest absolute Gasteiger partial charge is 0.508 e. The Bertz CT molecular complexity index is 1370. The highest BCUT2D eigenvalue weighted by molar-refractivity contribution is 6.34. The maximum atomic E-state index is 14.5. The zero-order valence-electron chi connectivity index (χ0n) is 25.5. The molecule has 3 aromatic rings. The lowest BCUT2D eigenvalue weighted by Crippen LogP contribution is -2.53. The maximum absolute atomic E-state index is 14.5. The lowest BCUT2D eigenvalue weighted by Gasteiger charge is -2.35. The highest BCUT2D eigenvalue weighted by Gasteiger charge is 2.36. The normalized spacial score (nSPS) is 12.6. The highest BCUT2D eigenvalue weighted by atomic mass is 35.5. The molecule has 3 aromatic carbocycles. The van der Waals surface area contributed by atoms with E-state index in [-0.39, 0.29) is 18.7 Å². The third-order valence-corrected chi connectivity index (χ3v) is 7.09. The summed E-state index contributed by atoms with van der Waals surface area (Å²) in [6.07, 6.45) is 1.79. The first-order chi connectivity index (χ1) is 20.4. The van der Waals surface area contributed by atoms with Crippen LogP contribution < -0.4 is 10.6 Å². The van der Waals surface area contributed by atoms with E-state index in [9.17, 15) is 19.5 Å². The SMILES string of the molecule is CCCCCN(C(=O)C(Cc1ccccc1)NC(=O)OC(C)(C)C)C(C(=O)Nc1c(C)cccc1Cl)c1cccc(O)c1. The Morgan fingerprint density at radius 1 is 0.977 bits per heavy atom. The van der Waals surface area contributed by atoms with Crippen LogP contribution in [0.1, 0.15) is 69.7 Å². The number of phenols is 1. The molecule has 0 aliphatic carbocycles. The number of phenolic OH excluding ortho intramolecular Hbond substituents is 1. The van der Waals surface area contributed by atoms with Gasteiger partial charge in [-0.3, -0.25) is 9.59 Å². The molecule has 0 fully saturated rings. The molecule has 8 nitrogen and oxygen atoms in total. The molecule has 230 valence electrons. The summed E-state index contributed by atoms with van der Waals surface area (Å²) in [5.74, 6) is -0.995. The predicted octanol–water partition coefficient (Wildman–Crippen LogP) is 7.19. The average molecular weight is 608 g/mol. The van der Waals surface area contributed by atoms with Crippen LogP contribution >= 0.6 is 11.6 Å². The molecule has 2 unspecified atom stereocenters. The van der Waals surface area contributed by atoms with E-state index < -0.39 is 35.6 Å². The monoisotopic (exact) mass is 607 g/mol. The summed E-state index contributed by atoms with van der Waals surface area (Å²) in [7, 11) is 0. The number of amides is 3. The molecule has 0 bridgehead atoms. The third-order valence-electron chi connectivity index (χ3n) is 6.77. The summed E-state index contributed by atoms with van der Waals surface area (Å²) in [4.78, 5) is 43.1. The Morgan fingerprint density at radius 2 is 1.67 bits per heavy atom. The minimum Gasteiger partial charge on any atom is -0.508 e. The van der Waals surface area contributed by atoms with E-state index in [2.05, 4.69) is 10.6 Å². The van der Waals surface area contributed by atoms with Crippen LogP contribution in [0.3, 0.4) is 0 Å². The van der Waals surface area contributed by atoms with Gasteiger partial charge in [0, 0.05) is 13.0 Å². The van der Waals surface area contributed by atoms with Crippen molar-refractivity contribution in [3.05, 3.63) is 94.5 Å². The van der Waals surface area contributed by atoms with E-state index in [1.54, 1.807) is 45.0 Å². The van der Waals surface area contributed by atoms with Gasteiger partial charge in [0.15, 0.2) is 0 Å².